The molecule has 1 aliphatic rings. The van der Waals surface area contributed by atoms with E-state index in [1.165, 1.54) is 12.8 Å². The summed E-state index contributed by atoms with van der Waals surface area (Å²) in [5, 5.41) is 0. The van der Waals surface area contributed by atoms with Crippen LogP contribution in [0, 0.1) is 11.3 Å². The monoisotopic (exact) mass is 423 g/mol. The molecule has 2 rings (SSSR count). The number of amides is 1. The van der Waals surface area contributed by atoms with E-state index in [-0.39, 0.29) is 17.1 Å². The van der Waals surface area contributed by atoms with E-state index in [9.17, 15) is 13.2 Å². The first-order valence-corrected chi connectivity index (χ1v) is 12.1. The fourth-order valence-electron chi connectivity index (χ4n) is 3.35. The summed E-state index contributed by atoms with van der Waals surface area (Å²) in [6.07, 6.45) is 3.42. The smallest absolute Gasteiger partial charge is 0.232 e. The minimum atomic E-state index is -3.36. The first kappa shape index (κ1) is 23.5. The lowest BCUT2D eigenvalue weighted by molar-refractivity contribution is -0.134. The van der Waals surface area contributed by atoms with Crippen LogP contribution in [0.2, 0.25) is 0 Å². The third-order valence-electron chi connectivity index (χ3n) is 4.88. The Labute approximate surface area is 176 Å². The van der Waals surface area contributed by atoms with Crippen LogP contribution in [-0.2, 0) is 21.4 Å². The second kappa shape index (κ2) is 9.37. The zero-order valence-electron chi connectivity index (χ0n) is 18.8. The highest BCUT2D eigenvalue weighted by atomic mass is 32.2. The van der Waals surface area contributed by atoms with Gasteiger partial charge in [0, 0.05) is 45.0 Å². The van der Waals surface area contributed by atoms with Crippen molar-refractivity contribution in [2.75, 3.05) is 36.0 Å². The number of hydrogen-bond donors (Lipinski definition) is 1. The normalized spacial score (nSPS) is 14.6. The molecule has 1 fully saturated rings. The Hall–Kier alpha value is -1.76. The lowest BCUT2D eigenvalue weighted by atomic mass is 9.91. The summed E-state index contributed by atoms with van der Waals surface area (Å²) in [5.74, 6) is 0.842. The fraction of sp³-hybridized carbons (Fsp3) is 0.682. The molecule has 1 aromatic rings. The highest BCUT2D eigenvalue weighted by molar-refractivity contribution is 7.92. The van der Waals surface area contributed by atoms with E-state index < -0.39 is 10.0 Å². The maximum Gasteiger partial charge on any atom is 0.232 e. The molecule has 0 unspecified atom stereocenters. The van der Waals surface area contributed by atoms with Crippen molar-refractivity contribution in [3.63, 3.8) is 0 Å². The van der Waals surface area contributed by atoms with E-state index >= 15 is 0 Å². The van der Waals surface area contributed by atoms with Gasteiger partial charge in [0.1, 0.15) is 0 Å². The Morgan fingerprint density at radius 3 is 2.38 bits per heavy atom. The van der Waals surface area contributed by atoms with Crippen molar-refractivity contribution >= 4 is 27.3 Å². The first-order valence-electron chi connectivity index (χ1n) is 10.5. The predicted molar refractivity (Wildman–Crippen MR) is 121 cm³/mol. The topological polar surface area (TPSA) is 69.7 Å². The van der Waals surface area contributed by atoms with Gasteiger partial charge in [-0.1, -0.05) is 27.7 Å². The van der Waals surface area contributed by atoms with Gasteiger partial charge in [0.25, 0.3) is 0 Å². The molecule has 29 heavy (non-hydrogen) atoms. The molecule has 0 aliphatic heterocycles. The molecule has 0 bridgehead atoms. The summed E-state index contributed by atoms with van der Waals surface area (Å²) in [4.78, 5) is 17.0. The second-order valence-corrected chi connectivity index (χ2v) is 11.5. The summed E-state index contributed by atoms with van der Waals surface area (Å²) >= 11 is 0. The van der Waals surface area contributed by atoms with E-state index in [0.29, 0.717) is 31.0 Å². The van der Waals surface area contributed by atoms with Crippen molar-refractivity contribution in [2.45, 2.75) is 59.9 Å². The Morgan fingerprint density at radius 2 is 1.86 bits per heavy atom. The molecule has 1 aromatic carbocycles. The molecule has 0 spiro atoms. The molecule has 1 saturated carbocycles. The number of nitrogens with one attached hydrogen (secondary N) is 1. The van der Waals surface area contributed by atoms with Crippen LogP contribution < -0.4 is 9.62 Å². The van der Waals surface area contributed by atoms with E-state index in [2.05, 4.69) is 25.5 Å². The Balaban J connectivity index is 2.29. The van der Waals surface area contributed by atoms with Crippen molar-refractivity contribution in [2.24, 2.45) is 11.3 Å². The summed E-state index contributed by atoms with van der Waals surface area (Å²) in [5.41, 5.74) is 2.43. The fourth-order valence-corrected chi connectivity index (χ4v) is 4.47. The first-order chi connectivity index (χ1) is 13.4. The number of nitrogens with zero attached hydrogens (tertiary/aromatic N) is 2. The number of sulfonamides is 1. The SMILES string of the molecule is CCCS(=O)(=O)Nc1ccc(N(C)C)c(CN(CC2CC2)C(=O)CC(C)(C)C)c1. The van der Waals surface area contributed by atoms with E-state index in [4.69, 9.17) is 0 Å². The highest BCUT2D eigenvalue weighted by Crippen LogP contribution is 2.33. The van der Waals surface area contributed by atoms with Gasteiger partial charge in [-0.3, -0.25) is 9.52 Å². The second-order valence-electron chi connectivity index (χ2n) is 9.61. The van der Waals surface area contributed by atoms with Crippen LogP contribution in [-0.4, -0.2) is 45.6 Å². The number of rotatable bonds is 10. The minimum Gasteiger partial charge on any atom is -0.377 e. The highest BCUT2D eigenvalue weighted by Gasteiger charge is 2.29. The largest absolute Gasteiger partial charge is 0.377 e. The van der Waals surface area contributed by atoms with E-state index in [0.717, 1.165) is 17.8 Å². The van der Waals surface area contributed by atoms with Gasteiger partial charge in [0.05, 0.1) is 5.75 Å². The van der Waals surface area contributed by atoms with Gasteiger partial charge in [-0.25, -0.2) is 8.42 Å². The summed E-state index contributed by atoms with van der Waals surface area (Å²) < 4.78 is 27.0. The van der Waals surface area contributed by atoms with E-state index in [1.807, 2.05) is 43.0 Å². The van der Waals surface area contributed by atoms with Gasteiger partial charge < -0.3 is 9.80 Å². The number of carbonyl (C=O) groups is 1. The minimum absolute atomic E-state index is 0.0686. The summed E-state index contributed by atoms with van der Waals surface area (Å²) in [6.45, 7) is 9.34. The van der Waals surface area contributed by atoms with Gasteiger partial charge in [-0.15, -0.1) is 0 Å². The zero-order chi connectivity index (χ0) is 21.8. The molecule has 1 aliphatic carbocycles. The molecule has 0 heterocycles. The average Bonchev–Trinajstić information content (AvgIpc) is 3.36. The Bertz CT molecular complexity index is 809. The van der Waals surface area contributed by atoms with Crippen LogP contribution in [0.1, 0.15) is 58.9 Å². The van der Waals surface area contributed by atoms with Crippen LogP contribution in [0.3, 0.4) is 0 Å². The van der Waals surface area contributed by atoms with Gasteiger partial charge in [0.2, 0.25) is 15.9 Å². The van der Waals surface area contributed by atoms with Gasteiger partial charge in [-0.2, -0.15) is 0 Å². The Kier molecular flexibility index (Phi) is 7.60. The van der Waals surface area contributed by atoms with Crippen molar-refractivity contribution in [1.82, 2.24) is 4.90 Å². The van der Waals surface area contributed by atoms with Crippen LogP contribution in [0.4, 0.5) is 11.4 Å². The molecular formula is C22H37N3O3S. The van der Waals surface area contributed by atoms with Crippen molar-refractivity contribution < 1.29 is 13.2 Å². The summed E-state index contributed by atoms with van der Waals surface area (Å²) in [7, 11) is 0.564. The number of anilines is 2. The molecule has 0 atom stereocenters. The Morgan fingerprint density at radius 1 is 1.21 bits per heavy atom. The maximum atomic E-state index is 13.0. The van der Waals surface area contributed by atoms with Crippen molar-refractivity contribution in [1.29, 1.82) is 0 Å². The quantitative estimate of drug-likeness (QED) is 0.616. The third kappa shape index (κ3) is 7.88. The van der Waals surface area contributed by atoms with Gasteiger partial charge >= 0.3 is 0 Å². The molecule has 1 N–H and O–H groups in total. The molecule has 1 amide bonds. The molecule has 7 heteroatoms. The van der Waals surface area contributed by atoms with Crippen molar-refractivity contribution in [3.05, 3.63) is 23.8 Å². The predicted octanol–water partition coefficient (Wildman–Crippen LogP) is 4.08. The van der Waals surface area contributed by atoms with Crippen LogP contribution in [0.5, 0.6) is 0 Å². The molecule has 0 saturated heterocycles. The average molecular weight is 424 g/mol. The lowest BCUT2D eigenvalue weighted by Crippen LogP contribution is -2.35. The maximum absolute atomic E-state index is 13.0. The molecular weight excluding hydrogens is 386 g/mol. The zero-order valence-corrected chi connectivity index (χ0v) is 19.6. The number of hydrogen-bond acceptors (Lipinski definition) is 4. The molecule has 6 nitrogen and oxygen atoms in total. The van der Waals surface area contributed by atoms with Gasteiger partial charge in [0.15, 0.2) is 0 Å². The van der Waals surface area contributed by atoms with Crippen LogP contribution >= 0.6 is 0 Å². The molecule has 164 valence electrons. The standard InChI is InChI=1S/C22H37N3O3S/c1-7-12-29(27,28)23-19-10-11-20(24(5)6)18(13-19)16-25(15-17-8-9-17)21(26)14-22(2,3)4/h10-11,13,17,23H,7-9,12,14-16H2,1-6H3. The van der Waals surface area contributed by atoms with Gasteiger partial charge in [-0.05, 0) is 54.4 Å². The van der Waals surface area contributed by atoms with Crippen LogP contribution in [0.15, 0.2) is 18.2 Å². The van der Waals surface area contributed by atoms with Crippen LogP contribution in [0.25, 0.3) is 0 Å². The lowest BCUT2D eigenvalue weighted by Gasteiger charge is -2.29. The molecule has 0 aromatic heterocycles. The molecule has 0 radical (unpaired) electrons. The third-order valence-corrected chi connectivity index (χ3v) is 6.37. The van der Waals surface area contributed by atoms with E-state index in [1.54, 1.807) is 6.07 Å². The number of benzene rings is 1. The number of carbonyl (C=O) groups excluding carboxylic acids is 1. The van der Waals surface area contributed by atoms with Crippen molar-refractivity contribution in [3.8, 4) is 0 Å². The summed E-state index contributed by atoms with van der Waals surface area (Å²) in [6, 6.07) is 5.57.